The quantitative estimate of drug-likeness (QED) is 0.782. The molecule has 3 atom stereocenters. The largest absolute Gasteiger partial charge is 0.342 e. The Morgan fingerprint density at radius 3 is 2.29 bits per heavy atom. The molecule has 1 saturated carbocycles. The normalized spacial score (nSPS) is 25.2. The molecule has 3 heteroatoms. The summed E-state index contributed by atoms with van der Waals surface area (Å²) >= 11 is 0. The monoisotopic (exact) mass is 296 g/mol. The van der Waals surface area contributed by atoms with Crippen LogP contribution >= 0.6 is 0 Å². The van der Waals surface area contributed by atoms with E-state index in [2.05, 4.69) is 26.1 Å². The van der Waals surface area contributed by atoms with Crippen LogP contribution in [0.4, 0.5) is 0 Å². The fourth-order valence-corrected chi connectivity index (χ4v) is 3.57. The Morgan fingerprint density at radius 2 is 1.76 bits per heavy atom. The van der Waals surface area contributed by atoms with E-state index in [4.69, 9.17) is 0 Å². The molecule has 0 spiro atoms. The Labute approximate surface area is 131 Å². The van der Waals surface area contributed by atoms with Gasteiger partial charge in [-0.25, -0.2) is 0 Å². The van der Waals surface area contributed by atoms with E-state index in [0.29, 0.717) is 11.5 Å². The molecule has 1 fully saturated rings. The molecule has 1 N–H and O–H groups in total. The molecule has 0 bridgehead atoms. The van der Waals surface area contributed by atoms with Crippen LogP contribution in [0.1, 0.15) is 73.6 Å². The molecule has 3 unspecified atom stereocenters. The highest BCUT2D eigenvalue weighted by Gasteiger charge is 2.29. The third-order valence-electron chi connectivity index (χ3n) is 5.12. The van der Waals surface area contributed by atoms with Crippen LogP contribution in [-0.4, -0.2) is 36.0 Å². The van der Waals surface area contributed by atoms with Gasteiger partial charge in [-0.2, -0.15) is 0 Å². The topological polar surface area (TPSA) is 32.3 Å². The zero-order chi connectivity index (χ0) is 16.0. The second kappa shape index (κ2) is 8.17. The van der Waals surface area contributed by atoms with Gasteiger partial charge in [-0.1, -0.05) is 27.2 Å². The van der Waals surface area contributed by atoms with E-state index in [-0.39, 0.29) is 11.9 Å². The van der Waals surface area contributed by atoms with Crippen molar-refractivity contribution >= 4 is 5.91 Å². The molecule has 0 heterocycles. The molecule has 3 nitrogen and oxygen atoms in total. The molecular weight excluding hydrogens is 260 g/mol. The summed E-state index contributed by atoms with van der Waals surface area (Å²) in [5.41, 5.74) is 0.414. The Morgan fingerprint density at radius 1 is 1.14 bits per heavy atom. The summed E-state index contributed by atoms with van der Waals surface area (Å²) in [6, 6.07) is 0.452. The van der Waals surface area contributed by atoms with E-state index in [1.165, 1.54) is 32.1 Å². The molecule has 1 rings (SSSR count). The summed E-state index contributed by atoms with van der Waals surface area (Å²) in [6.07, 6.45) is 6.32. The van der Waals surface area contributed by atoms with Crippen molar-refractivity contribution in [2.75, 3.05) is 13.1 Å². The Hall–Kier alpha value is -0.570. The fraction of sp³-hybridized carbons (Fsp3) is 0.944. The minimum absolute atomic E-state index is 0.0545. The highest BCUT2D eigenvalue weighted by molar-refractivity contribution is 5.81. The van der Waals surface area contributed by atoms with Crippen molar-refractivity contribution in [1.29, 1.82) is 0 Å². The summed E-state index contributed by atoms with van der Waals surface area (Å²) in [6.45, 7) is 14.8. The van der Waals surface area contributed by atoms with E-state index in [0.717, 1.165) is 19.0 Å². The zero-order valence-corrected chi connectivity index (χ0v) is 15.0. The Bertz CT molecular complexity index is 318. The Balaban J connectivity index is 2.50. The van der Waals surface area contributed by atoms with Crippen molar-refractivity contribution in [3.05, 3.63) is 0 Å². The highest BCUT2D eigenvalue weighted by atomic mass is 16.2. The zero-order valence-electron chi connectivity index (χ0n) is 15.0. The van der Waals surface area contributed by atoms with Crippen LogP contribution in [0.15, 0.2) is 0 Å². The van der Waals surface area contributed by atoms with Crippen molar-refractivity contribution in [3.8, 4) is 0 Å². The van der Waals surface area contributed by atoms with Crippen LogP contribution in [0.2, 0.25) is 0 Å². The number of likely N-dealkylation sites (N-methyl/N-ethyl adjacent to an activating group) is 1. The number of amides is 1. The van der Waals surface area contributed by atoms with Crippen LogP contribution in [0.25, 0.3) is 0 Å². The van der Waals surface area contributed by atoms with Crippen molar-refractivity contribution < 1.29 is 4.79 Å². The molecular formula is C18H36N2O. The summed E-state index contributed by atoms with van der Waals surface area (Å²) in [7, 11) is 0. The number of hydrogen-bond donors (Lipinski definition) is 1. The lowest BCUT2D eigenvalue weighted by Gasteiger charge is -2.30. The number of nitrogens with one attached hydrogen (secondary N) is 1. The maximum absolute atomic E-state index is 12.4. The van der Waals surface area contributed by atoms with Crippen molar-refractivity contribution in [1.82, 2.24) is 10.2 Å². The number of nitrogens with zero attached hydrogens (tertiary/aromatic N) is 1. The number of carbonyl (C=O) groups excluding carboxylic acids is 1. The lowest BCUT2D eigenvalue weighted by atomic mass is 9.76. The van der Waals surface area contributed by atoms with Crippen molar-refractivity contribution in [3.63, 3.8) is 0 Å². The van der Waals surface area contributed by atoms with Crippen molar-refractivity contribution in [2.24, 2.45) is 11.3 Å². The predicted molar refractivity (Wildman–Crippen MR) is 90.3 cm³/mol. The number of hydrogen-bond acceptors (Lipinski definition) is 2. The van der Waals surface area contributed by atoms with Gasteiger partial charge < -0.3 is 10.2 Å². The van der Waals surface area contributed by atoms with Gasteiger partial charge in [0.1, 0.15) is 0 Å². The smallest absolute Gasteiger partial charge is 0.239 e. The van der Waals surface area contributed by atoms with Gasteiger partial charge in [-0.05, 0) is 57.8 Å². The fourth-order valence-electron chi connectivity index (χ4n) is 3.57. The lowest BCUT2D eigenvalue weighted by Crippen LogP contribution is -2.48. The molecule has 0 saturated heterocycles. The van der Waals surface area contributed by atoms with E-state index < -0.39 is 0 Å². The first-order valence-corrected chi connectivity index (χ1v) is 8.84. The molecule has 0 aromatic rings. The number of rotatable bonds is 5. The standard InChI is InChI=1S/C18H36N2O/c1-7-20(8-2)17(21)14(3)19-16-11-9-10-15(12-13-16)18(4,5)6/h14-16,19H,7-13H2,1-6H3. The molecule has 1 amide bonds. The second-order valence-corrected chi connectivity index (χ2v) is 7.67. The van der Waals surface area contributed by atoms with Gasteiger partial charge in [0.05, 0.1) is 6.04 Å². The third-order valence-corrected chi connectivity index (χ3v) is 5.12. The van der Waals surface area contributed by atoms with Gasteiger partial charge in [0.25, 0.3) is 0 Å². The predicted octanol–water partition coefficient (Wildman–Crippen LogP) is 3.83. The van der Waals surface area contributed by atoms with Crippen LogP contribution < -0.4 is 5.32 Å². The molecule has 0 aromatic carbocycles. The average Bonchev–Trinajstić information content (AvgIpc) is 2.65. The van der Waals surface area contributed by atoms with Gasteiger partial charge in [-0.3, -0.25) is 4.79 Å². The second-order valence-electron chi connectivity index (χ2n) is 7.67. The molecule has 1 aliphatic carbocycles. The lowest BCUT2D eigenvalue weighted by molar-refractivity contribution is -0.132. The maximum Gasteiger partial charge on any atom is 0.239 e. The van der Waals surface area contributed by atoms with Gasteiger partial charge >= 0.3 is 0 Å². The van der Waals surface area contributed by atoms with Gasteiger partial charge in [-0.15, -0.1) is 0 Å². The van der Waals surface area contributed by atoms with E-state index in [1.807, 2.05) is 25.7 Å². The summed E-state index contributed by atoms with van der Waals surface area (Å²) in [4.78, 5) is 14.3. The first kappa shape index (κ1) is 18.5. The number of carbonyl (C=O) groups is 1. The molecule has 21 heavy (non-hydrogen) atoms. The summed E-state index contributed by atoms with van der Waals surface area (Å²) < 4.78 is 0. The highest BCUT2D eigenvalue weighted by Crippen LogP contribution is 2.36. The first-order valence-electron chi connectivity index (χ1n) is 8.84. The van der Waals surface area contributed by atoms with Crippen LogP contribution in [0, 0.1) is 11.3 Å². The molecule has 0 aromatic heterocycles. The van der Waals surface area contributed by atoms with Crippen LogP contribution in [0.3, 0.4) is 0 Å². The molecule has 0 radical (unpaired) electrons. The SMILES string of the molecule is CCN(CC)C(=O)C(C)NC1CCCC(C(C)(C)C)CC1. The Kier molecular flexibility index (Phi) is 7.19. The first-order chi connectivity index (χ1) is 9.79. The molecule has 1 aliphatic rings. The minimum Gasteiger partial charge on any atom is -0.342 e. The van der Waals surface area contributed by atoms with Crippen LogP contribution in [-0.2, 0) is 4.79 Å². The van der Waals surface area contributed by atoms with E-state index in [1.54, 1.807) is 0 Å². The van der Waals surface area contributed by atoms with E-state index >= 15 is 0 Å². The van der Waals surface area contributed by atoms with Gasteiger partial charge in [0.2, 0.25) is 5.91 Å². The van der Waals surface area contributed by atoms with E-state index in [9.17, 15) is 4.79 Å². The summed E-state index contributed by atoms with van der Waals surface area (Å²) in [5.74, 6) is 1.06. The van der Waals surface area contributed by atoms with Crippen molar-refractivity contribution in [2.45, 2.75) is 85.7 Å². The molecule has 124 valence electrons. The molecule has 0 aliphatic heterocycles. The van der Waals surface area contributed by atoms with Gasteiger partial charge in [0, 0.05) is 19.1 Å². The average molecular weight is 296 g/mol. The van der Waals surface area contributed by atoms with Crippen LogP contribution in [0.5, 0.6) is 0 Å². The van der Waals surface area contributed by atoms with Gasteiger partial charge in [0.15, 0.2) is 0 Å². The minimum atomic E-state index is -0.0545. The maximum atomic E-state index is 12.4. The summed E-state index contributed by atoms with van der Waals surface area (Å²) in [5, 5.41) is 3.59. The third kappa shape index (κ3) is 5.61.